The summed E-state index contributed by atoms with van der Waals surface area (Å²) in [6.07, 6.45) is 0.578. The normalized spacial score (nSPS) is 9.20. The number of carbonyl (C=O) groups excluding carboxylic acids is 1. The van der Waals surface area contributed by atoms with E-state index >= 15 is 0 Å². The van der Waals surface area contributed by atoms with E-state index in [9.17, 15) is 4.79 Å². The van der Waals surface area contributed by atoms with Crippen LogP contribution in [0, 0.1) is 0 Å². The molecule has 52 valence electrons. The summed E-state index contributed by atoms with van der Waals surface area (Å²) in [5.41, 5.74) is 6.01. The van der Waals surface area contributed by atoms with Crippen molar-refractivity contribution in [3.63, 3.8) is 0 Å². The van der Waals surface area contributed by atoms with Gasteiger partial charge in [-0.15, -0.1) is 0 Å². The molecule has 1 rings (SSSR count). The zero-order valence-corrected chi connectivity index (χ0v) is 5.24. The first kappa shape index (κ1) is 6.61. The van der Waals surface area contributed by atoms with Crippen molar-refractivity contribution in [2.24, 2.45) is 0 Å². The van der Waals surface area contributed by atoms with E-state index in [2.05, 4.69) is 0 Å². The van der Waals surface area contributed by atoms with Crippen molar-refractivity contribution in [3.8, 4) is 5.75 Å². The molecule has 0 aliphatic carbocycles. The van der Waals surface area contributed by atoms with Gasteiger partial charge < -0.3 is 10.8 Å². The van der Waals surface area contributed by atoms with E-state index in [1.54, 1.807) is 6.07 Å². The van der Waals surface area contributed by atoms with Crippen LogP contribution in [0.5, 0.6) is 5.75 Å². The van der Waals surface area contributed by atoms with Crippen molar-refractivity contribution in [3.05, 3.63) is 23.8 Å². The Morgan fingerprint density at radius 3 is 2.70 bits per heavy atom. The summed E-state index contributed by atoms with van der Waals surface area (Å²) in [6.45, 7) is 0. The first-order valence-electron chi connectivity index (χ1n) is 2.77. The quantitative estimate of drug-likeness (QED) is 0.444. The van der Waals surface area contributed by atoms with Gasteiger partial charge in [-0.3, -0.25) is 4.79 Å². The third-order valence-electron chi connectivity index (χ3n) is 1.18. The fraction of sp³-hybridized carbons (Fsp3) is 0. The lowest BCUT2D eigenvalue weighted by atomic mass is 10.2. The highest BCUT2D eigenvalue weighted by atomic mass is 16.3. The minimum atomic E-state index is -0.0741. The van der Waals surface area contributed by atoms with Gasteiger partial charge in [-0.2, -0.15) is 0 Å². The predicted molar refractivity (Wildman–Crippen MR) is 37.9 cm³/mol. The van der Waals surface area contributed by atoms with Crippen LogP contribution in [-0.4, -0.2) is 11.4 Å². The zero-order chi connectivity index (χ0) is 7.56. The monoisotopic (exact) mass is 137 g/mol. The fourth-order valence-corrected chi connectivity index (χ4v) is 0.660. The number of rotatable bonds is 1. The molecule has 3 N–H and O–H groups in total. The number of hydrogen-bond donors (Lipinski definition) is 2. The summed E-state index contributed by atoms with van der Waals surface area (Å²) < 4.78 is 0. The van der Waals surface area contributed by atoms with Gasteiger partial charge in [-0.25, -0.2) is 0 Å². The first-order chi connectivity index (χ1) is 4.74. The maximum absolute atomic E-state index is 10.1. The Bertz CT molecular complexity index is 258. The van der Waals surface area contributed by atoms with E-state index in [4.69, 9.17) is 10.8 Å². The first-order valence-corrected chi connectivity index (χ1v) is 2.77. The van der Waals surface area contributed by atoms with E-state index in [-0.39, 0.29) is 11.3 Å². The van der Waals surface area contributed by atoms with Crippen LogP contribution in [0.2, 0.25) is 0 Å². The second-order valence-electron chi connectivity index (χ2n) is 1.94. The Kier molecular flexibility index (Phi) is 1.58. The SMILES string of the molecule is Nc1ccc(C=O)c(O)c1. The highest BCUT2D eigenvalue weighted by Gasteiger charge is 1.97. The number of aldehydes is 1. The van der Waals surface area contributed by atoms with E-state index in [1.165, 1.54) is 12.1 Å². The van der Waals surface area contributed by atoms with Gasteiger partial charge in [0.2, 0.25) is 0 Å². The molecule has 3 heteroatoms. The molecule has 0 heterocycles. The van der Waals surface area contributed by atoms with Gasteiger partial charge in [-0.05, 0) is 12.1 Å². The molecule has 1 aromatic carbocycles. The number of phenolic OH excluding ortho intramolecular Hbond substituents is 1. The van der Waals surface area contributed by atoms with Gasteiger partial charge in [0.25, 0.3) is 0 Å². The lowest BCUT2D eigenvalue weighted by molar-refractivity contribution is 0.112. The topological polar surface area (TPSA) is 63.3 Å². The molecule has 0 saturated carbocycles. The second kappa shape index (κ2) is 2.39. The van der Waals surface area contributed by atoms with Crippen LogP contribution in [0.25, 0.3) is 0 Å². The molecule has 0 amide bonds. The predicted octanol–water partition coefficient (Wildman–Crippen LogP) is 0.787. The van der Waals surface area contributed by atoms with Crippen LogP contribution < -0.4 is 5.73 Å². The Labute approximate surface area is 58.1 Å². The highest BCUT2D eigenvalue weighted by molar-refractivity contribution is 5.80. The van der Waals surface area contributed by atoms with E-state index in [0.29, 0.717) is 12.0 Å². The largest absolute Gasteiger partial charge is 0.507 e. The summed E-state index contributed by atoms with van der Waals surface area (Å²) in [7, 11) is 0. The van der Waals surface area contributed by atoms with E-state index in [0.717, 1.165) is 0 Å². The van der Waals surface area contributed by atoms with Gasteiger partial charge in [0.05, 0.1) is 5.56 Å². The van der Waals surface area contributed by atoms with Crippen LogP contribution in [-0.2, 0) is 0 Å². The third-order valence-corrected chi connectivity index (χ3v) is 1.18. The fourth-order valence-electron chi connectivity index (χ4n) is 0.660. The Hall–Kier alpha value is -1.51. The summed E-state index contributed by atoms with van der Waals surface area (Å²) >= 11 is 0. The highest BCUT2D eigenvalue weighted by Crippen LogP contribution is 2.17. The molecule has 0 aliphatic rings. The molecular formula is C7H7NO2. The minimum Gasteiger partial charge on any atom is -0.507 e. The Morgan fingerprint density at radius 2 is 2.20 bits per heavy atom. The summed E-state index contributed by atoms with van der Waals surface area (Å²) in [5, 5.41) is 8.98. The molecule has 0 radical (unpaired) electrons. The zero-order valence-electron chi connectivity index (χ0n) is 5.24. The number of hydrogen-bond acceptors (Lipinski definition) is 3. The molecular weight excluding hydrogens is 130 g/mol. The van der Waals surface area contributed by atoms with Crippen molar-refractivity contribution in [1.82, 2.24) is 0 Å². The van der Waals surface area contributed by atoms with Crippen LogP contribution in [0.3, 0.4) is 0 Å². The average Bonchev–Trinajstić information content (AvgIpc) is 1.88. The molecule has 1 aromatic rings. The molecule has 3 nitrogen and oxygen atoms in total. The van der Waals surface area contributed by atoms with Gasteiger partial charge in [0.15, 0.2) is 6.29 Å². The second-order valence-corrected chi connectivity index (χ2v) is 1.94. The van der Waals surface area contributed by atoms with Crippen LogP contribution in [0.15, 0.2) is 18.2 Å². The minimum absolute atomic E-state index is 0.0741. The number of phenols is 1. The molecule has 0 unspecified atom stereocenters. The number of benzene rings is 1. The standard InChI is InChI=1S/C7H7NO2/c8-6-2-1-5(4-9)7(10)3-6/h1-4,10H,8H2. The van der Waals surface area contributed by atoms with E-state index in [1.807, 2.05) is 0 Å². The molecule has 0 bridgehead atoms. The van der Waals surface area contributed by atoms with E-state index < -0.39 is 0 Å². The number of anilines is 1. The third kappa shape index (κ3) is 1.07. The molecule has 0 atom stereocenters. The van der Waals surface area contributed by atoms with Gasteiger partial charge in [0, 0.05) is 11.8 Å². The molecule has 0 spiro atoms. The lowest BCUT2D eigenvalue weighted by Gasteiger charge is -1.96. The molecule has 0 saturated heterocycles. The van der Waals surface area contributed by atoms with Gasteiger partial charge >= 0.3 is 0 Å². The van der Waals surface area contributed by atoms with Crippen LogP contribution in [0.1, 0.15) is 10.4 Å². The molecule has 0 aromatic heterocycles. The van der Waals surface area contributed by atoms with Gasteiger partial charge in [-0.1, -0.05) is 0 Å². The molecule has 10 heavy (non-hydrogen) atoms. The smallest absolute Gasteiger partial charge is 0.153 e. The number of nitrogens with two attached hydrogens (primary N) is 1. The Morgan fingerprint density at radius 1 is 1.50 bits per heavy atom. The van der Waals surface area contributed by atoms with Crippen molar-refractivity contribution in [2.45, 2.75) is 0 Å². The van der Waals surface area contributed by atoms with Crippen molar-refractivity contribution in [1.29, 1.82) is 0 Å². The number of nitrogen functional groups attached to an aromatic ring is 1. The lowest BCUT2D eigenvalue weighted by Crippen LogP contribution is -1.86. The average molecular weight is 137 g/mol. The maximum Gasteiger partial charge on any atom is 0.153 e. The summed E-state index contributed by atoms with van der Waals surface area (Å²) in [5.74, 6) is -0.0741. The Balaban J connectivity index is 3.19. The number of aromatic hydroxyl groups is 1. The van der Waals surface area contributed by atoms with Crippen molar-refractivity contribution < 1.29 is 9.90 Å². The maximum atomic E-state index is 10.1. The molecule has 0 fully saturated rings. The summed E-state index contributed by atoms with van der Waals surface area (Å²) in [4.78, 5) is 10.1. The number of carbonyl (C=O) groups is 1. The van der Waals surface area contributed by atoms with Gasteiger partial charge in [0.1, 0.15) is 5.75 Å². The van der Waals surface area contributed by atoms with Crippen molar-refractivity contribution in [2.75, 3.05) is 5.73 Å². The van der Waals surface area contributed by atoms with Crippen LogP contribution >= 0.6 is 0 Å². The van der Waals surface area contributed by atoms with Crippen LogP contribution in [0.4, 0.5) is 5.69 Å². The molecule has 0 aliphatic heterocycles. The summed E-state index contributed by atoms with van der Waals surface area (Å²) in [6, 6.07) is 4.37. The van der Waals surface area contributed by atoms with Crippen molar-refractivity contribution >= 4 is 12.0 Å².